The van der Waals surface area contributed by atoms with Crippen molar-refractivity contribution in [3.63, 3.8) is 0 Å². The maximum atomic E-state index is 12.2. The highest BCUT2D eigenvalue weighted by molar-refractivity contribution is 7.92. The van der Waals surface area contributed by atoms with E-state index in [1.807, 2.05) is 18.2 Å². The molecule has 0 spiro atoms. The largest absolute Gasteiger partial charge is 0.497 e. The molecule has 0 aliphatic rings. The van der Waals surface area contributed by atoms with Crippen LogP contribution in [0.1, 0.15) is 5.56 Å². The first-order valence-corrected chi connectivity index (χ1v) is 10.1. The molecule has 0 aromatic heterocycles. The highest BCUT2D eigenvalue weighted by Gasteiger charge is 2.17. The lowest BCUT2D eigenvalue weighted by Crippen LogP contribution is -2.39. The number of sulfonamides is 1. The number of amides is 1. The van der Waals surface area contributed by atoms with Gasteiger partial charge in [0.2, 0.25) is 15.9 Å². The molecule has 150 valence electrons. The Kier molecular flexibility index (Phi) is 8.03. The number of benzene rings is 2. The lowest BCUT2D eigenvalue weighted by Gasteiger charge is -2.14. The molecule has 0 aliphatic carbocycles. The minimum absolute atomic E-state index is 0.263. The van der Waals surface area contributed by atoms with E-state index in [-0.39, 0.29) is 19.7 Å². The molecule has 1 amide bonds. The van der Waals surface area contributed by atoms with Crippen molar-refractivity contribution >= 4 is 22.0 Å². The summed E-state index contributed by atoms with van der Waals surface area (Å²) < 4.78 is 36.0. The molecule has 0 saturated heterocycles. The maximum Gasteiger partial charge on any atom is 0.236 e. The molecule has 0 bridgehead atoms. The van der Waals surface area contributed by atoms with Crippen molar-refractivity contribution in [2.75, 3.05) is 33.9 Å². The van der Waals surface area contributed by atoms with E-state index in [4.69, 9.17) is 9.47 Å². The molecule has 0 radical (unpaired) electrons. The fourth-order valence-corrected chi connectivity index (χ4v) is 3.05. The predicted octanol–water partition coefficient (Wildman–Crippen LogP) is 2.12. The number of rotatable bonds is 10. The number of nitrogens with zero attached hydrogens (tertiary/aromatic N) is 1. The van der Waals surface area contributed by atoms with Crippen molar-refractivity contribution in [2.24, 2.45) is 0 Å². The van der Waals surface area contributed by atoms with E-state index < -0.39 is 15.9 Å². The van der Waals surface area contributed by atoms with Gasteiger partial charge < -0.3 is 14.8 Å². The summed E-state index contributed by atoms with van der Waals surface area (Å²) in [5, 5.41) is 3.72. The minimum Gasteiger partial charge on any atom is -0.497 e. The van der Waals surface area contributed by atoms with E-state index in [2.05, 4.69) is 5.32 Å². The second-order valence-electron chi connectivity index (χ2n) is 5.89. The fraction of sp³-hybridized carbons (Fsp3) is 0.250. The zero-order valence-electron chi connectivity index (χ0n) is 15.9. The van der Waals surface area contributed by atoms with Crippen molar-refractivity contribution in [1.29, 1.82) is 0 Å². The Labute approximate surface area is 165 Å². The van der Waals surface area contributed by atoms with E-state index in [1.54, 1.807) is 43.5 Å². The van der Waals surface area contributed by atoms with Gasteiger partial charge in [-0.05, 0) is 35.9 Å². The van der Waals surface area contributed by atoms with Gasteiger partial charge in [-0.1, -0.05) is 30.3 Å². The third-order valence-corrected chi connectivity index (χ3v) is 5.26. The molecule has 8 heteroatoms. The summed E-state index contributed by atoms with van der Waals surface area (Å²) in [4.78, 5) is 12.0. The first-order chi connectivity index (χ1) is 13.4. The lowest BCUT2D eigenvalue weighted by atomic mass is 10.2. The predicted molar refractivity (Wildman–Crippen MR) is 109 cm³/mol. The molecule has 0 saturated carbocycles. The van der Waals surface area contributed by atoms with Crippen molar-refractivity contribution in [3.05, 3.63) is 65.6 Å². The number of carbonyl (C=O) groups excluding carboxylic acids is 1. The Balaban J connectivity index is 1.74. The third-order valence-electron chi connectivity index (χ3n) is 3.79. The highest BCUT2D eigenvalue weighted by Crippen LogP contribution is 2.16. The molecule has 0 fully saturated rings. The van der Waals surface area contributed by atoms with Crippen LogP contribution >= 0.6 is 0 Å². The van der Waals surface area contributed by atoms with Crippen LogP contribution in [-0.4, -0.2) is 52.5 Å². The van der Waals surface area contributed by atoms with Crippen molar-refractivity contribution in [3.8, 4) is 11.5 Å². The number of carbonyl (C=O) groups is 1. The Morgan fingerprint density at radius 3 is 2.36 bits per heavy atom. The Bertz CT molecular complexity index is 881. The van der Waals surface area contributed by atoms with Crippen LogP contribution in [0.3, 0.4) is 0 Å². The summed E-state index contributed by atoms with van der Waals surface area (Å²) in [6.45, 7) is 0.255. The van der Waals surface area contributed by atoms with E-state index in [9.17, 15) is 13.2 Å². The second-order valence-corrected chi connectivity index (χ2v) is 7.81. The van der Waals surface area contributed by atoms with Gasteiger partial charge in [-0.25, -0.2) is 8.42 Å². The van der Waals surface area contributed by atoms with Crippen LogP contribution in [0, 0.1) is 0 Å². The van der Waals surface area contributed by atoms with Gasteiger partial charge in [0.1, 0.15) is 18.1 Å². The standard InChI is InChI=1S/C20H24N2O5S/c1-22(28(24,25)15-12-17-6-4-3-5-7-17)16-20(23)21-13-14-27-19-10-8-18(26-2)9-11-19/h3-12,15H,13-14,16H2,1-2H3,(H,21,23)/b15-12+. The number of hydrogen-bond acceptors (Lipinski definition) is 5. The molecule has 0 aliphatic heterocycles. The number of likely N-dealkylation sites (N-methyl/N-ethyl adjacent to an activating group) is 1. The van der Waals surface area contributed by atoms with Gasteiger partial charge in [0.05, 0.1) is 20.2 Å². The quantitative estimate of drug-likeness (QED) is 0.613. The van der Waals surface area contributed by atoms with Crippen LogP contribution in [0.2, 0.25) is 0 Å². The van der Waals surface area contributed by atoms with Gasteiger partial charge in [-0.15, -0.1) is 0 Å². The van der Waals surface area contributed by atoms with Crippen LogP contribution in [0.5, 0.6) is 11.5 Å². The summed E-state index contributed by atoms with van der Waals surface area (Å²) in [5.41, 5.74) is 0.764. The molecular formula is C20H24N2O5S. The van der Waals surface area contributed by atoms with E-state index in [0.717, 1.165) is 21.0 Å². The van der Waals surface area contributed by atoms with Gasteiger partial charge in [0.25, 0.3) is 0 Å². The number of hydrogen-bond donors (Lipinski definition) is 1. The zero-order chi connectivity index (χ0) is 20.4. The van der Waals surface area contributed by atoms with Crippen molar-refractivity contribution < 1.29 is 22.7 Å². The smallest absolute Gasteiger partial charge is 0.236 e. The van der Waals surface area contributed by atoms with E-state index in [0.29, 0.717) is 5.75 Å². The van der Waals surface area contributed by atoms with Crippen LogP contribution in [0.4, 0.5) is 0 Å². The monoisotopic (exact) mass is 404 g/mol. The summed E-state index contributed by atoms with van der Waals surface area (Å²) >= 11 is 0. The van der Waals surface area contributed by atoms with Gasteiger partial charge in [-0.2, -0.15) is 4.31 Å². The average molecular weight is 404 g/mol. The first kappa shape index (κ1) is 21.5. The molecular weight excluding hydrogens is 380 g/mol. The Morgan fingerprint density at radius 2 is 1.71 bits per heavy atom. The fourth-order valence-electron chi connectivity index (χ4n) is 2.21. The molecule has 2 aromatic rings. The molecule has 7 nitrogen and oxygen atoms in total. The van der Waals surface area contributed by atoms with Crippen molar-refractivity contribution in [2.45, 2.75) is 0 Å². The van der Waals surface area contributed by atoms with Gasteiger partial charge in [-0.3, -0.25) is 4.79 Å². The van der Waals surface area contributed by atoms with Crippen LogP contribution in [0.25, 0.3) is 6.08 Å². The number of ether oxygens (including phenoxy) is 2. The first-order valence-electron chi connectivity index (χ1n) is 8.64. The van der Waals surface area contributed by atoms with Crippen LogP contribution in [0.15, 0.2) is 60.0 Å². The lowest BCUT2D eigenvalue weighted by molar-refractivity contribution is -0.121. The molecule has 0 atom stereocenters. The molecule has 28 heavy (non-hydrogen) atoms. The Hall–Kier alpha value is -2.84. The molecule has 0 unspecified atom stereocenters. The molecule has 2 rings (SSSR count). The summed E-state index contributed by atoms with van der Waals surface area (Å²) in [6, 6.07) is 16.1. The van der Waals surface area contributed by atoms with Crippen molar-refractivity contribution in [1.82, 2.24) is 9.62 Å². The molecule has 0 heterocycles. The van der Waals surface area contributed by atoms with E-state index in [1.165, 1.54) is 13.1 Å². The minimum atomic E-state index is -3.68. The van der Waals surface area contributed by atoms with Gasteiger partial charge in [0, 0.05) is 12.5 Å². The average Bonchev–Trinajstić information content (AvgIpc) is 2.71. The molecule has 1 N–H and O–H groups in total. The summed E-state index contributed by atoms with van der Waals surface area (Å²) in [7, 11) is -0.742. The van der Waals surface area contributed by atoms with Crippen LogP contribution in [-0.2, 0) is 14.8 Å². The van der Waals surface area contributed by atoms with E-state index >= 15 is 0 Å². The SMILES string of the molecule is COc1ccc(OCCNC(=O)CN(C)S(=O)(=O)/C=C/c2ccccc2)cc1. The number of nitrogens with one attached hydrogen (secondary N) is 1. The van der Waals surface area contributed by atoms with Crippen LogP contribution < -0.4 is 14.8 Å². The molecule has 2 aromatic carbocycles. The summed E-state index contributed by atoms with van der Waals surface area (Å²) in [6.07, 6.45) is 1.49. The zero-order valence-corrected chi connectivity index (χ0v) is 16.7. The normalized spacial score (nSPS) is 11.5. The summed E-state index contributed by atoms with van der Waals surface area (Å²) in [5.74, 6) is 0.976. The highest BCUT2D eigenvalue weighted by atomic mass is 32.2. The van der Waals surface area contributed by atoms with Gasteiger partial charge in [0.15, 0.2) is 0 Å². The second kappa shape index (κ2) is 10.5. The Morgan fingerprint density at radius 1 is 1.07 bits per heavy atom. The topological polar surface area (TPSA) is 84.9 Å². The van der Waals surface area contributed by atoms with Gasteiger partial charge >= 0.3 is 0 Å². The number of methoxy groups -OCH3 is 1. The maximum absolute atomic E-state index is 12.2. The third kappa shape index (κ3) is 7.05.